The van der Waals surface area contributed by atoms with E-state index in [4.69, 9.17) is 0 Å². The maximum absolute atomic E-state index is 4.56. The van der Waals surface area contributed by atoms with Crippen LogP contribution < -0.4 is 10.9 Å². The van der Waals surface area contributed by atoms with Crippen molar-refractivity contribution in [1.82, 2.24) is 10.4 Å². The van der Waals surface area contributed by atoms with Gasteiger partial charge in [-0.3, -0.25) is 5.43 Å². The van der Waals surface area contributed by atoms with Gasteiger partial charge in [-0.15, -0.1) is 0 Å². The highest BCUT2D eigenvalue weighted by molar-refractivity contribution is 7.22. The number of thiazole rings is 1. The van der Waals surface area contributed by atoms with Crippen LogP contribution in [-0.2, 0) is 6.42 Å². The molecule has 0 spiro atoms. The maximum Gasteiger partial charge on any atom is 0.202 e. The van der Waals surface area contributed by atoms with Gasteiger partial charge in [-0.1, -0.05) is 47.7 Å². The minimum absolute atomic E-state index is 0.899. The molecule has 0 unspecified atom stereocenters. The van der Waals surface area contributed by atoms with Crippen molar-refractivity contribution in [3.8, 4) is 0 Å². The fraction of sp³-hybridized carbons (Fsp3) is 0.118. The summed E-state index contributed by atoms with van der Waals surface area (Å²) in [5.74, 6) is 0. The molecule has 0 radical (unpaired) electrons. The monoisotopic (exact) mass is 293 g/mol. The molecule has 2 aromatic carbocycles. The molecule has 4 heteroatoms. The van der Waals surface area contributed by atoms with E-state index in [2.05, 4.69) is 52.2 Å². The van der Waals surface area contributed by atoms with Gasteiger partial charge < -0.3 is 5.43 Å². The molecule has 0 atom stereocenters. The lowest BCUT2D eigenvalue weighted by Crippen LogP contribution is -2.22. The molecule has 1 heterocycles. The fourth-order valence-electron chi connectivity index (χ4n) is 2.59. The molecule has 0 amide bonds. The van der Waals surface area contributed by atoms with Crippen molar-refractivity contribution in [2.45, 2.75) is 12.8 Å². The summed E-state index contributed by atoms with van der Waals surface area (Å²) >= 11 is 1.66. The van der Waals surface area contributed by atoms with Crippen LogP contribution in [0.1, 0.15) is 17.5 Å². The molecule has 104 valence electrons. The van der Waals surface area contributed by atoms with Crippen molar-refractivity contribution in [1.29, 1.82) is 0 Å². The molecule has 4 rings (SSSR count). The number of allylic oxidation sites excluding steroid dienone is 1. The topological polar surface area (TPSA) is 37.0 Å². The van der Waals surface area contributed by atoms with E-state index < -0.39 is 0 Å². The normalized spacial score (nSPS) is 13.6. The molecular weight excluding hydrogens is 278 g/mol. The van der Waals surface area contributed by atoms with Crippen molar-refractivity contribution in [2.24, 2.45) is 0 Å². The number of hydrogen-bond donors (Lipinski definition) is 2. The van der Waals surface area contributed by atoms with Gasteiger partial charge in [0.2, 0.25) is 5.13 Å². The molecule has 0 saturated heterocycles. The van der Waals surface area contributed by atoms with Gasteiger partial charge in [0.05, 0.1) is 10.2 Å². The number of hydrazine groups is 1. The summed E-state index contributed by atoms with van der Waals surface area (Å²) in [7, 11) is 0. The Bertz CT molecular complexity index is 787. The van der Waals surface area contributed by atoms with Gasteiger partial charge >= 0.3 is 0 Å². The van der Waals surface area contributed by atoms with Crippen LogP contribution >= 0.6 is 11.3 Å². The first-order valence-electron chi connectivity index (χ1n) is 7.04. The first kappa shape index (κ1) is 12.4. The third-order valence-corrected chi connectivity index (χ3v) is 4.62. The zero-order chi connectivity index (χ0) is 14.1. The predicted molar refractivity (Wildman–Crippen MR) is 89.1 cm³/mol. The van der Waals surface area contributed by atoms with Crippen molar-refractivity contribution in [3.63, 3.8) is 0 Å². The van der Waals surface area contributed by atoms with E-state index in [0.717, 1.165) is 23.5 Å². The lowest BCUT2D eigenvalue weighted by molar-refractivity contribution is 0.820. The van der Waals surface area contributed by atoms with E-state index in [1.807, 2.05) is 18.2 Å². The summed E-state index contributed by atoms with van der Waals surface area (Å²) in [6.45, 7) is 0. The Morgan fingerprint density at radius 1 is 0.905 bits per heavy atom. The molecule has 3 aromatic rings. The number of nitrogens with one attached hydrogen (secondary N) is 2. The zero-order valence-corrected chi connectivity index (χ0v) is 12.3. The highest BCUT2D eigenvalue weighted by Crippen LogP contribution is 2.26. The molecule has 2 N–H and O–H groups in total. The van der Waals surface area contributed by atoms with Crippen LogP contribution in [0.5, 0.6) is 0 Å². The minimum atomic E-state index is 0.899. The average molecular weight is 293 g/mol. The van der Waals surface area contributed by atoms with Crippen molar-refractivity contribution in [2.75, 3.05) is 5.43 Å². The van der Waals surface area contributed by atoms with E-state index in [9.17, 15) is 0 Å². The summed E-state index contributed by atoms with van der Waals surface area (Å²) in [4.78, 5) is 4.56. The van der Waals surface area contributed by atoms with Gasteiger partial charge in [0, 0.05) is 5.70 Å². The van der Waals surface area contributed by atoms with Crippen LogP contribution in [0.4, 0.5) is 5.13 Å². The van der Waals surface area contributed by atoms with Gasteiger partial charge in [0.1, 0.15) is 0 Å². The Balaban J connectivity index is 1.51. The number of para-hydroxylation sites is 1. The zero-order valence-electron chi connectivity index (χ0n) is 11.5. The molecule has 1 aliphatic rings. The molecule has 0 saturated carbocycles. The van der Waals surface area contributed by atoms with Gasteiger partial charge in [-0.05, 0) is 42.2 Å². The number of fused-ring (bicyclic) bond motifs is 2. The van der Waals surface area contributed by atoms with E-state index in [0.29, 0.717) is 0 Å². The summed E-state index contributed by atoms with van der Waals surface area (Å²) in [5.41, 5.74) is 11.5. The van der Waals surface area contributed by atoms with Crippen molar-refractivity contribution in [3.05, 3.63) is 65.4 Å². The van der Waals surface area contributed by atoms with Crippen LogP contribution in [-0.4, -0.2) is 4.98 Å². The first-order valence-corrected chi connectivity index (χ1v) is 7.86. The van der Waals surface area contributed by atoms with E-state index in [1.165, 1.54) is 21.5 Å². The second kappa shape index (κ2) is 5.22. The summed E-state index contributed by atoms with van der Waals surface area (Å²) in [6.07, 6.45) is 4.31. The van der Waals surface area contributed by atoms with Crippen molar-refractivity contribution < 1.29 is 0 Å². The Kier molecular flexibility index (Phi) is 3.09. The Hall–Kier alpha value is -2.33. The number of nitrogens with zero attached hydrogens (tertiary/aromatic N) is 1. The molecule has 1 aromatic heterocycles. The van der Waals surface area contributed by atoms with Gasteiger partial charge in [-0.25, -0.2) is 4.98 Å². The largest absolute Gasteiger partial charge is 0.303 e. The number of hydrogen-bond acceptors (Lipinski definition) is 4. The third kappa shape index (κ3) is 2.50. The van der Waals surface area contributed by atoms with Crippen LogP contribution in [0.25, 0.3) is 16.3 Å². The van der Waals surface area contributed by atoms with Crippen LogP contribution in [0.2, 0.25) is 0 Å². The quantitative estimate of drug-likeness (QED) is 0.711. The smallest absolute Gasteiger partial charge is 0.202 e. The summed E-state index contributed by atoms with van der Waals surface area (Å²) in [5, 5.41) is 0.899. The second-order valence-corrected chi connectivity index (χ2v) is 6.14. The fourth-order valence-corrected chi connectivity index (χ4v) is 3.41. The lowest BCUT2D eigenvalue weighted by atomic mass is 9.96. The van der Waals surface area contributed by atoms with Crippen LogP contribution in [0.3, 0.4) is 0 Å². The van der Waals surface area contributed by atoms with Crippen molar-refractivity contribution >= 4 is 32.8 Å². The van der Waals surface area contributed by atoms with Gasteiger partial charge in [0.15, 0.2) is 0 Å². The number of benzene rings is 2. The van der Waals surface area contributed by atoms with Crippen LogP contribution in [0.15, 0.2) is 54.2 Å². The van der Waals surface area contributed by atoms with Gasteiger partial charge in [0.25, 0.3) is 0 Å². The number of rotatable bonds is 3. The molecule has 0 fully saturated rings. The molecule has 3 nitrogen and oxygen atoms in total. The maximum atomic E-state index is 4.56. The highest BCUT2D eigenvalue weighted by atomic mass is 32.1. The summed E-state index contributed by atoms with van der Waals surface area (Å²) in [6, 6.07) is 16.7. The minimum Gasteiger partial charge on any atom is -0.303 e. The number of aryl methyl sites for hydroxylation is 1. The number of anilines is 1. The second-order valence-electron chi connectivity index (χ2n) is 5.11. The summed E-state index contributed by atoms with van der Waals surface area (Å²) < 4.78 is 1.20. The predicted octanol–water partition coefficient (Wildman–Crippen LogP) is 4.20. The average Bonchev–Trinajstić information content (AvgIpc) is 2.95. The van der Waals surface area contributed by atoms with E-state index >= 15 is 0 Å². The highest BCUT2D eigenvalue weighted by Gasteiger charge is 2.10. The molecule has 1 aliphatic carbocycles. The molecule has 0 aliphatic heterocycles. The number of aromatic nitrogens is 1. The molecule has 0 bridgehead atoms. The Morgan fingerprint density at radius 3 is 2.71 bits per heavy atom. The third-order valence-electron chi connectivity index (χ3n) is 3.67. The van der Waals surface area contributed by atoms with E-state index in [-0.39, 0.29) is 0 Å². The Labute approximate surface area is 127 Å². The van der Waals surface area contributed by atoms with Crippen LogP contribution in [0, 0.1) is 0 Å². The Morgan fingerprint density at radius 2 is 1.76 bits per heavy atom. The lowest BCUT2D eigenvalue weighted by Gasteiger charge is -2.17. The molecular formula is C17H15N3S. The standard InChI is InChI=1S/C17H15N3S/c1-2-6-13-11-14(10-9-12(13)5-1)19-20-17-18-15-7-3-4-8-16(15)21-17/h1-8,11,19H,9-10H2,(H,18,20). The SMILES string of the molecule is C1=C(NNc2nc3ccccc3s2)CCc2ccccc21. The first-order chi connectivity index (χ1) is 10.4. The van der Waals surface area contributed by atoms with E-state index in [1.54, 1.807) is 11.3 Å². The van der Waals surface area contributed by atoms with Gasteiger partial charge in [-0.2, -0.15) is 0 Å². The molecule has 21 heavy (non-hydrogen) atoms.